The minimum absolute atomic E-state index is 0.0223. The van der Waals surface area contributed by atoms with E-state index >= 15 is 0 Å². The maximum Gasteiger partial charge on any atom is 0.333 e. The molecule has 0 aliphatic rings. The highest BCUT2D eigenvalue weighted by atomic mass is 16.5. The lowest BCUT2D eigenvalue weighted by Crippen LogP contribution is -2.33. The van der Waals surface area contributed by atoms with Crippen molar-refractivity contribution in [3.63, 3.8) is 0 Å². The molecule has 0 heterocycles. The summed E-state index contributed by atoms with van der Waals surface area (Å²) in [6.07, 6.45) is 0. The van der Waals surface area contributed by atoms with Gasteiger partial charge in [-0.05, 0) is 6.92 Å². The van der Waals surface area contributed by atoms with Crippen molar-refractivity contribution in [2.24, 2.45) is 0 Å². The number of carbonyl (C=O) groups excluding carboxylic acids is 1. The van der Waals surface area contributed by atoms with Gasteiger partial charge in [0.2, 0.25) is 0 Å². The van der Waals surface area contributed by atoms with Gasteiger partial charge in [-0.2, -0.15) is 0 Å². The normalized spacial score (nSPS) is 10.4. The second kappa shape index (κ2) is 8.40. The molecule has 5 heteroatoms. The second-order valence-electron chi connectivity index (χ2n) is 3.21. The first-order valence-corrected chi connectivity index (χ1v) is 4.88. The van der Waals surface area contributed by atoms with E-state index < -0.39 is 5.97 Å². The zero-order chi connectivity index (χ0) is 11.7. The Morgan fingerprint density at radius 3 is 2.20 bits per heavy atom. The molecule has 2 N–H and O–H groups in total. The first-order valence-electron chi connectivity index (χ1n) is 4.88. The summed E-state index contributed by atoms with van der Waals surface area (Å²) in [5.74, 6) is -0.414. The Labute approximate surface area is 90.0 Å². The lowest BCUT2D eigenvalue weighted by Gasteiger charge is -2.19. The molecule has 0 spiro atoms. The molecule has 0 radical (unpaired) electrons. The van der Waals surface area contributed by atoms with Crippen LogP contribution in [-0.2, 0) is 9.53 Å². The molecule has 0 aromatic carbocycles. The summed E-state index contributed by atoms with van der Waals surface area (Å²) in [5, 5.41) is 17.4. The number of rotatable bonds is 8. The van der Waals surface area contributed by atoms with Gasteiger partial charge in [0.15, 0.2) is 0 Å². The van der Waals surface area contributed by atoms with Crippen LogP contribution in [-0.4, -0.2) is 60.5 Å². The molecular formula is C10H19NO4. The van der Waals surface area contributed by atoms with Crippen LogP contribution >= 0.6 is 0 Å². The number of aliphatic hydroxyl groups excluding tert-OH is 2. The molecule has 5 nitrogen and oxygen atoms in total. The van der Waals surface area contributed by atoms with Gasteiger partial charge in [0.05, 0.1) is 13.2 Å². The summed E-state index contributed by atoms with van der Waals surface area (Å²) < 4.78 is 4.88. The Morgan fingerprint density at radius 1 is 1.27 bits per heavy atom. The number of ether oxygens (including phenoxy) is 1. The lowest BCUT2D eigenvalue weighted by atomic mass is 10.4. The van der Waals surface area contributed by atoms with Gasteiger partial charge in [-0.1, -0.05) is 6.58 Å². The molecule has 0 aliphatic heterocycles. The quantitative estimate of drug-likeness (QED) is 0.419. The van der Waals surface area contributed by atoms with Crippen molar-refractivity contribution in [3.05, 3.63) is 12.2 Å². The Hall–Kier alpha value is -0.910. The summed E-state index contributed by atoms with van der Waals surface area (Å²) in [6.45, 7) is 6.76. The van der Waals surface area contributed by atoms with Crippen LogP contribution in [0.3, 0.4) is 0 Å². The third kappa shape index (κ3) is 7.07. The molecule has 0 rings (SSSR count). The van der Waals surface area contributed by atoms with Gasteiger partial charge >= 0.3 is 5.97 Å². The van der Waals surface area contributed by atoms with Crippen molar-refractivity contribution in [3.8, 4) is 0 Å². The monoisotopic (exact) mass is 217 g/mol. The number of nitrogens with zero attached hydrogens (tertiary/aromatic N) is 1. The summed E-state index contributed by atoms with van der Waals surface area (Å²) in [7, 11) is 0. The van der Waals surface area contributed by atoms with Gasteiger partial charge in [0, 0.05) is 25.2 Å². The van der Waals surface area contributed by atoms with E-state index in [-0.39, 0.29) is 19.8 Å². The van der Waals surface area contributed by atoms with Crippen LogP contribution in [0.5, 0.6) is 0 Å². The summed E-state index contributed by atoms with van der Waals surface area (Å²) in [4.78, 5) is 12.8. The van der Waals surface area contributed by atoms with Gasteiger partial charge in [-0.25, -0.2) is 4.79 Å². The van der Waals surface area contributed by atoms with Crippen LogP contribution in [0.4, 0.5) is 0 Å². The number of hydrogen-bond acceptors (Lipinski definition) is 5. The third-order valence-electron chi connectivity index (χ3n) is 1.82. The van der Waals surface area contributed by atoms with Crippen molar-refractivity contribution < 1.29 is 19.7 Å². The van der Waals surface area contributed by atoms with Crippen LogP contribution in [0.2, 0.25) is 0 Å². The predicted octanol–water partition coefficient (Wildman–Crippen LogP) is -0.608. The van der Waals surface area contributed by atoms with E-state index in [1.807, 2.05) is 4.90 Å². The highest BCUT2D eigenvalue weighted by Crippen LogP contribution is 1.93. The fraction of sp³-hybridized carbons (Fsp3) is 0.700. The Morgan fingerprint density at radius 2 is 1.80 bits per heavy atom. The summed E-state index contributed by atoms with van der Waals surface area (Å²) in [5.41, 5.74) is 0.367. The maximum atomic E-state index is 11.0. The van der Waals surface area contributed by atoms with Gasteiger partial charge in [-0.3, -0.25) is 4.90 Å². The molecule has 0 saturated carbocycles. The van der Waals surface area contributed by atoms with Crippen LogP contribution < -0.4 is 0 Å². The number of carbonyl (C=O) groups is 1. The van der Waals surface area contributed by atoms with Gasteiger partial charge in [0.25, 0.3) is 0 Å². The van der Waals surface area contributed by atoms with Crippen LogP contribution in [0, 0.1) is 0 Å². The molecule has 15 heavy (non-hydrogen) atoms. The predicted molar refractivity (Wildman–Crippen MR) is 56.4 cm³/mol. The molecule has 0 bridgehead atoms. The van der Waals surface area contributed by atoms with Crippen LogP contribution in [0.25, 0.3) is 0 Å². The lowest BCUT2D eigenvalue weighted by molar-refractivity contribution is -0.139. The topological polar surface area (TPSA) is 70.0 Å². The molecule has 0 aliphatic carbocycles. The average molecular weight is 217 g/mol. The SMILES string of the molecule is C=C(C)C(=O)OCCN(CCO)CCO. The zero-order valence-corrected chi connectivity index (χ0v) is 9.11. The molecule has 0 unspecified atom stereocenters. The van der Waals surface area contributed by atoms with Crippen molar-refractivity contribution >= 4 is 5.97 Å². The molecule has 0 amide bonds. The average Bonchev–Trinajstić information content (AvgIpc) is 2.18. The Kier molecular flexibility index (Phi) is 7.89. The van der Waals surface area contributed by atoms with Gasteiger partial charge in [-0.15, -0.1) is 0 Å². The van der Waals surface area contributed by atoms with Gasteiger partial charge in [0.1, 0.15) is 6.61 Å². The van der Waals surface area contributed by atoms with E-state index in [4.69, 9.17) is 14.9 Å². The zero-order valence-electron chi connectivity index (χ0n) is 9.11. The van der Waals surface area contributed by atoms with Crippen LogP contribution in [0.1, 0.15) is 6.92 Å². The molecule has 0 saturated heterocycles. The first-order chi connectivity index (χ1) is 7.11. The van der Waals surface area contributed by atoms with Crippen LogP contribution in [0.15, 0.2) is 12.2 Å². The fourth-order valence-electron chi connectivity index (χ4n) is 1.01. The maximum absolute atomic E-state index is 11.0. The van der Waals surface area contributed by atoms with Crippen molar-refractivity contribution in [1.82, 2.24) is 4.90 Å². The van der Waals surface area contributed by atoms with E-state index in [1.54, 1.807) is 6.92 Å². The fourth-order valence-corrected chi connectivity index (χ4v) is 1.01. The number of hydrogen-bond donors (Lipinski definition) is 2. The van der Waals surface area contributed by atoms with Crippen molar-refractivity contribution in [2.75, 3.05) is 39.5 Å². The number of aliphatic hydroxyl groups is 2. The highest BCUT2D eigenvalue weighted by molar-refractivity contribution is 5.86. The molecule has 0 aromatic rings. The summed E-state index contributed by atoms with van der Waals surface area (Å²) >= 11 is 0. The van der Waals surface area contributed by atoms with E-state index in [1.165, 1.54) is 0 Å². The second-order valence-corrected chi connectivity index (χ2v) is 3.21. The van der Waals surface area contributed by atoms with E-state index in [0.717, 1.165) is 0 Å². The van der Waals surface area contributed by atoms with Crippen molar-refractivity contribution in [1.29, 1.82) is 0 Å². The number of esters is 1. The third-order valence-corrected chi connectivity index (χ3v) is 1.82. The highest BCUT2D eigenvalue weighted by Gasteiger charge is 2.06. The van der Waals surface area contributed by atoms with E-state index in [2.05, 4.69) is 6.58 Å². The molecule has 0 atom stereocenters. The molecular weight excluding hydrogens is 198 g/mol. The molecule has 88 valence electrons. The molecule has 0 aromatic heterocycles. The largest absolute Gasteiger partial charge is 0.461 e. The smallest absolute Gasteiger partial charge is 0.333 e. The standard InChI is InChI=1S/C10H19NO4/c1-9(2)10(14)15-8-5-11(3-6-12)4-7-13/h12-13H,1,3-8H2,2H3. The van der Waals surface area contributed by atoms with Gasteiger partial charge < -0.3 is 14.9 Å². The minimum Gasteiger partial charge on any atom is -0.461 e. The Bertz CT molecular complexity index is 200. The van der Waals surface area contributed by atoms with E-state index in [0.29, 0.717) is 25.2 Å². The Balaban J connectivity index is 3.69. The molecule has 0 fully saturated rings. The van der Waals surface area contributed by atoms with E-state index in [9.17, 15) is 4.79 Å². The summed E-state index contributed by atoms with van der Waals surface area (Å²) in [6, 6.07) is 0. The minimum atomic E-state index is -0.414. The first kappa shape index (κ1) is 14.1. The van der Waals surface area contributed by atoms with Crippen molar-refractivity contribution in [2.45, 2.75) is 6.92 Å².